The number of carbonyl (C=O) groups is 3. The number of carbonyl (C=O) groups excluding carboxylic acids is 3. The highest BCUT2D eigenvalue weighted by Gasteiger charge is 2.30. The van der Waals surface area contributed by atoms with E-state index in [0.717, 1.165) is 12.2 Å². The van der Waals surface area contributed by atoms with Crippen LogP contribution in [0, 0.1) is 0 Å². The Morgan fingerprint density at radius 1 is 1.46 bits per heavy atom. The van der Waals surface area contributed by atoms with Crippen molar-refractivity contribution in [1.29, 1.82) is 0 Å². The zero-order valence-electron chi connectivity index (χ0n) is 7.06. The summed E-state index contributed by atoms with van der Waals surface area (Å²) in [6.07, 6.45) is 2.25. The average Bonchev–Trinajstić information content (AvgIpc) is 2.44. The van der Waals surface area contributed by atoms with Crippen molar-refractivity contribution in [2.45, 2.75) is 13.3 Å². The van der Waals surface area contributed by atoms with Crippen LogP contribution in [0.1, 0.15) is 13.3 Å². The van der Waals surface area contributed by atoms with Gasteiger partial charge in [-0.05, 0) is 0 Å². The maximum Gasteiger partial charge on any atom is 0.274 e. The molecule has 1 aliphatic rings. The van der Waals surface area contributed by atoms with Gasteiger partial charge in [0.2, 0.25) is 0 Å². The molecule has 0 unspecified atom stereocenters. The number of hydrazine groups is 2. The molecule has 0 aliphatic carbocycles. The minimum Gasteiger partial charge on any atom is -0.272 e. The molecule has 0 bridgehead atoms. The first kappa shape index (κ1) is 9.40. The monoisotopic (exact) mass is 183 g/mol. The van der Waals surface area contributed by atoms with E-state index in [4.69, 9.17) is 5.84 Å². The number of imide groups is 1. The van der Waals surface area contributed by atoms with Crippen LogP contribution in [-0.2, 0) is 14.4 Å². The van der Waals surface area contributed by atoms with E-state index in [-0.39, 0.29) is 6.42 Å². The van der Waals surface area contributed by atoms with E-state index in [1.54, 1.807) is 6.92 Å². The van der Waals surface area contributed by atoms with Gasteiger partial charge in [-0.3, -0.25) is 14.4 Å². The third kappa shape index (κ3) is 1.57. The molecule has 1 aliphatic heterocycles. The first-order valence-corrected chi connectivity index (χ1v) is 3.71. The van der Waals surface area contributed by atoms with Gasteiger partial charge in [0.05, 0.1) is 0 Å². The number of amides is 3. The average molecular weight is 183 g/mol. The van der Waals surface area contributed by atoms with Crippen molar-refractivity contribution < 1.29 is 14.4 Å². The lowest BCUT2D eigenvalue weighted by Crippen LogP contribution is -2.53. The predicted molar refractivity (Wildman–Crippen MR) is 42.3 cm³/mol. The molecule has 3 amide bonds. The highest BCUT2D eigenvalue weighted by atomic mass is 16.2. The molecule has 6 heteroatoms. The molecule has 0 fully saturated rings. The number of nitrogens with two attached hydrogens (primary N) is 1. The zero-order chi connectivity index (χ0) is 10.0. The fraction of sp³-hybridized carbons (Fsp3) is 0.286. The Morgan fingerprint density at radius 2 is 1.92 bits per heavy atom. The van der Waals surface area contributed by atoms with Crippen molar-refractivity contribution in [3.63, 3.8) is 0 Å². The summed E-state index contributed by atoms with van der Waals surface area (Å²) in [5.41, 5.74) is 0. The summed E-state index contributed by atoms with van der Waals surface area (Å²) in [5, 5.41) is 1.12. The van der Waals surface area contributed by atoms with E-state index in [0.29, 0.717) is 10.1 Å². The molecule has 0 aromatic rings. The summed E-state index contributed by atoms with van der Waals surface area (Å²) in [6, 6.07) is 0. The Bertz CT molecular complexity index is 279. The van der Waals surface area contributed by atoms with Gasteiger partial charge in [-0.25, -0.2) is 5.84 Å². The standard InChI is InChI=1S/C7H9N3O3/c1-2-5(11)10(8)9-6(12)3-4-7(9)13/h3-4H,2,8H2,1H3. The van der Waals surface area contributed by atoms with E-state index < -0.39 is 17.7 Å². The van der Waals surface area contributed by atoms with Gasteiger partial charge in [-0.1, -0.05) is 6.92 Å². The summed E-state index contributed by atoms with van der Waals surface area (Å²) < 4.78 is 0. The quantitative estimate of drug-likeness (QED) is 0.256. The summed E-state index contributed by atoms with van der Waals surface area (Å²) in [5.74, 6) is 3.54. The van der Waals surface area contributed by atoms with Crippen LogP contribution in [0.3, 0.4) is 0 Å². The Balaban J connectivity index is 2.78. The van der Waals surface area contributed by atoms with Crippen molar-refractivity contribution in [2.75, 3.05) is 0 Å². The van der Waals surface area contributed by atoms with Gasteiger partial charge in [0, 0.05) is 18.6 Å². The summed E-state index contributed by atoms with van der Waals surface area (Å²) in [7, 11) is 0. The van der Waals surface area contributed by atoms with Gasteiger partial charge < -0.3 is 0 Å². The Labute approximate surface area is 74.5 Å². The van der Waals surface area contributed by atoms with Crippen LogP contribution in [0.15, 0.2) is 12.2 Å². The number of rotatable bonds is 2. The fourth-order valence-electron chi connectivity index (χ4n) is 0.878. The largest absolute Gasteiger partial charge is 0.274 e. The van der Waals surface area contributed by atoms with Crippen molar-refractivity contribution in [3.8, 4) is 0 Å². The number of hydrogen-bond acceptors (Lipinski definition) is 4. The second-order valence-electron chi connectivity index (χ2n) is 2.41. The topological polar surface area (TPSA) is 83.7 Å². The fourth-order valence-corrected chi connectivity index (χ4v) is 0.878. The van der Waals surface area contributed by atoms with Gasteiger partial charge in [0.15, 0.2) is 0 Å². The minimum atomic E-state index is -0.602. The van der Waals surface area contributed by atoms with Crippen LogP contribution < -0.4 is 5.84 Å². The van der Waals surface area contributed by atoms with Gasteiger partial charge in [-0.15, -0.1) is 0 Å². The van der Waals surface area contributed by atoms with E-state index >= 15 is 0 Å². The van der Waals surface area contributed by atoms with E-state index in [2.05, 4.69) is 0 Å². The van der Waals surface area contributed by atoms with Crippen LogP contribution in [0.25, 0.3) is 0 Å². The Kier molecular flexibility index (Phi) is 2.43. The van der Waals surface area contributed by atoms with Crippen LogP contribution in [0.4, 0.5) is 0 Å². The van der Waals surface area contributed by atoms with Crippen LogP contribution in [0.2, 0.25) is 0 Å². The van der Waals surface area contributed by atoms with E-state index in [1.165, 1.54) is 0 Å². The first-order valence-electron chi connectivity index (χ1n) is 3.71. The number of hydrogen-bond donors (Lipinski definition) is 1. The molecular weight excluding hydrogens is 174 g/mol. The second-order valence-corrected chi connectivity index (χ2v) is 2.41. The second kappa shape index (κ2) is 3.36. The molecule has 0 saturated carbocycles. The third-order valence-corrected chi connectivity index (χ3v) is 1.56. The summed E-state index contributed by atoms with van der Waals surface area (Å²) in [4.78, 5) is 33.0. The molecule has 2 N–H and O–H groups in total. The smallest absolute Gasteiger partial charge is 0.272 e. The lowest BCUT2D eigenvalue weighted by atomic mass is 10.5. The summed E-state index contributed by atoms with van der Waals surface area (Å²) >= 11 is 0. The zero-order valence-corrected chi connectivity index (χ0v) is 7.06. The minimum absolute atomic E-state index is 0.132. The van der Waals surface area contributed by atoms with Gasteiger partial charge in [0.1, 0.15) is 0 Å². The van der Waals surface area contributed by atoms with Gasteiger partial charge >= 0.3 is 0 Å². The molecule has 0 spiro atoms. The van der Waals surface area contributed by atoms with Crippen molar-refractivity contribution in [2.24, 2.45) is 5.84 Å². The molecule has 6 nitrogen and oxygen atoms in total. The Morgan fingerprint density at radius 3 is 2.31 bits per heavy atom. The molecule has 0 radical (unpaired) electrons. The van der Waals surface area contributed by atoms with E-state index in [1.807, 2.05) is 0 Å². The van der Waals surface area contributed by atoms with Crippen LogP contribution >= 0.6 is 0 Å². The van der Waals surface area contributed by atoms with E-state index in [9.17, 15) is 14.4 Å². The molecule has 0 saturated heterocycles. The molecule has 1 heterocycles. The van der Waals surface area contributed by atoms with Crippen molar-refractivity contribution >= 4 is 17.7 Å². The lowest BCUT2D eigenvalue weighted by molar-refractivity contribution is -0.167. The lowest BCUT2D eigenvalue weighted by Gasteiger charge is -2.23. The molecule has 0 atom stereocenters. The third-order valence-electron chi connectivity index (χ3n) is 1.56. The maximum absolute atomic E-state index is 11.0. The van der Waals surface area contributed by atoms with Crippen molar-refractivity contribution in [3.05, 3.63) is 12.2 Å². The molecule has 1 rings (SSSR count). The molecule has 70 valence electrons. The molecular formula is C7H9N3O3. The predicted octanol–water partition coefficient (Wildman–Crippen LogP) is -1.06. The molecule has 13 heavy (non-hydrogen) atoms. The van der Waals surface area contributed by atoms with Crippen LogP contribution in [0.5, 0.6) is 0 Å². The number of nitrogens with zero attached hydrogens (tertiary/aromatic N) is 2. The first-order chi connectivity index (χ1) is 6.07. The SMILES string of the molecule is CCC(=O)N(N)N1C(=O)C=CC1=O. The highest BCUT2D eigenvalue weighted by Crippen LogP contribution is 2.05. The highest BCUT2D eigenvalue weighted by molar-refractivity contribution is 6.13. The van der Waals surface area contributed by atoms with Crippen LogP contribution in [-0.4, -0.2) is 27.8 Å². The summed E-state index contributed by atoms with van der Waals surface area (Å²) in [6.45, 7) is 1.58. The maximum atomic E-state index is 11.0. The van der Waals surface area contributed by atoms with Crippen molar-refractivity contribution in [1.82, 2.24) is 10.1 Å². The van der Waals surface area contributed by atoms with Gasteiger partial charge in [0.25, 0.3) is 17.7 Å². The molecule has 0 aromatic carbocycles. The normalized spacial score (nSPS) is 15.4. The van der Waals surface area contributed by atoms with Gasteiger partial charge in [-0.2, -0.15) is 10.1 Å². The Hall–Kier alpha value is -1.69. The molecule has 0 aromatic heterocycles.